The zero-order valence-corrected chi connectivity index (χ0v) is 15.7. The lowest BCUT2D eigenvalue weighted by Gasteiger charge is -2.19. The highest BCUT2D eigenvalue weighted by molar-refractivity contribution is 7.84. The first kappa shape index (κ1) is 19.0. The van der Waals surface area contributed by atoms with Crippen LogP contribution in [-0.4, -0.2) is 21.6 Å². The first-order valence-electron chi connectivity index (χ1n) is 8.62. The Labute approximate surface area is 160 Å². The molecular formula is C21H20FNO3S. The monoisotopic (exact) mass is 385 g/mol. The minimum Gasteiger partial charge on any atom is -0.455 e. The smallest absolute Gasteiger partial charge is 0.289 e. The van der Waals surface area contributed by atoms with Crippen molar-refractivity contribution in [3.63, 3.8) is 0 Å². The molecule has 0 unspecified atom stereocenters. The predicted molar refractivity (Wildman–Crippen MR) is 102 cm³/mol. The van der Waals surface area contributed by atoms with Crippen molar-refractivity contribution in [2.75, 3.05) is 6.54 Å². The van der Waals surface area contributed by atoms with E-state index in [0.717, 1.165) is 5.56 Å². The number of carbonyl (C=O) groups excluding carboxylic acids is 1. The summed E-state index contributed by atoms with van der Waals surface area (Å²) in [4.78, 5) is 14.9. The molecule has 6 heteroatoms. The Kier molecular flexibility index (Phi) is 6.19. The highest BCUT2D eigenvalue weighted by Crippen LogP contribution is 2.17. The van der Waals surface area contributed by atoms with E-state index in [0.29, 0.717) is 23.7 Å². The third kappa shape index (κ3) is 4.92. The normalized spacial score (nSPS) is 11.9. The van der Waals surface area contributed by atoms with Crippen LogP contribution in [0, 0.1) is 5.82 Å². The van der Waals surface area contributed by atoms with Crippen LogP contribution in [0.3, 0.4) is 0 Å². The Morgan fingerprint density at radius 2 is 1.74 bits per heavy atom. The molecule has 3 aromatic rings. The van der Waals surface area contributed by atoms with Crippen LogP contribution in [0.25, 0.3) is 0 Å². The predicted octanol–water partition coefficient (Wildman–Crippen LogP) is 4.39. The first-order chi connectivity index (χ1) is 13.1. The molecule has 1 amide bonds. The summed E-state index contributed by atoms with van der Waals surface area (Å²) in [6, 6.07) is 18.5. The zero-order chi connectivity index (χ0) is 19.2. The summed E-state index contributed by atoms with van der Waals surface area (Å²) < 4.78 is 31.0. The molecule has 0 bridgehead atoms. The Bertz CT molecular complexity index is 922. The topological polar surface area (TPSA) is 50.5 Å². The summed E-state index contributed by atoms with van der Waals surface area (Å²) in [5, 5.41) is 0. The molecule has 140 valence electrons. The summed E-state index contributed by atoms with van der Waals surface area (Å²) in [6.45, 7) is 2.95. The van der Waals surface area contributed by atoms with Gasteiger partial charge in [0.2, 0.25) is 0 Å². The third-order valence-corrected chi connectivity index (χ3v) is 5.45. The quantitative estimate of drug-likeness (QED) is 0.606. The van der Waals surface area contributed by atoms with Gasteiger partial charge in [0.05, 0.1) is 16.6 Å². The van der Waals surface area contributed by atoms with E-state index in [2.05, 4.69) is 0 Å². The lowest BCUT2D eigenvalue weighted by Crippen LogP contribution is -2.29. The molecule has 0 saturated carbocycles. The van der Waals surface area contributed by atoms with E-state index in [9.17, 15) is 13.4 Å². The Balaban J connectivity index is 1.67. The molecular weight excluding hydrogens is 365 g/mol. The number of hydrogen-bond donors (Lipinski definition) is 0. The van der Waals surface area contributed by atoms with Crippen molar-refractivity contribution in [1.82, 2.24) is 4.90 Å². The summed E-state index contributed by atoms with van der Waals surface area (Å²) in [6.07, 6.45) is 0. The second-order valence-electron chi connectivity index (χ2n) is 6.01. The van der Waals surface area contributed by atoms with Crippen LogP contribution in [0.5, 0.6) is 0 Å². The Morgan fingerprint density at radius 1 is 1.04 bits per heavy atom. The van der Waals surface area contributed by atoms with Crippen molar-refractivity contribution >= 4 is 16.7 Å². The van der Waals surface area contributed by atoms with E-state index in [1.807, 2.05) is 37.3 Å². The fourth-order valence-electron chi connectivity index (χ4n) is 2.66. The van der Waals surface area contributed by atoms with Gasteiger partial charge in [-0.1, -0.05) is 30.3 Å². The van der Waals surface area contributed by atoms with Crippen molar-refractivity contribution in [3.8, 4) is 0 Å². The Hall–Kier alpha value is -2.73. The molecule has 0 radical (unpaired) electrons. The number of halogens is 1. The largest absolute Gasteiger partial charge is 0.455 e. The van der Waals surface area contributed by atoms with Crippen LogP contribution >= 0.6 is 0 Å². The third-order valence-electron chi connectivity index (χ3n) is 4.11. The molecule has 1 heterocycles. The van der Waals surface area contributed by atoms with Gasteiger partial charge in [-0.3, -0.25) is 9.00 Å². The van der Waals surface area contributed by atoms with Crippen LogP contribution in [0.15, 0.2) is 76.0 Å². The maximum absolute atomic E-state index is 13.0. The fraction of sp³-hybridized carbons (Fsp3) is 0.190. The molecule has 2 aromatic carbocycles. The van der Waals surface area contributed by atoms with Crippen molar-refractivity contribution < 1.29 is 17.8 Å². The van der Waals surface area contributed by atoms with Gasteiger partial charge in [-0.05, 0) is 48.9 Å². The molecule has 0 aliphatic heterocycles. The van der Waals surface area contributed by atoms with E-state index in [4.69, 9.17) is 4.42 Å². The summed E-state index contributed by atoms with van der Waals surface area (Å²) in [5.74, 6) is 0.222. The van der Waals surface area contributed by atoms with Crippen molar-refractivity contribution in [2.45, 2.75) is 24.1 Å². The highest BCUT2D eigenvalue weighted by atomic mass is 32.2. The van der Waals surface area contributed by atoms with Crippen LogP contribution in [0.1, 0.15) is 28.8 Å². The summed E-state index contributed by atoms with van der Waals surface area (Å²) in [7, 11) is -1.37. The van der Waals surface area contributed by atoms with Crippen molar-refractivity contribution in [1.29, 1.82) is 0 Å². The molecule has 0 N–H and O–H groups in total. The standard InChI is InChI=1S/C21H20FNO3S/c1-2-23(14-16-6-4-3-5-7-16)21(24)20-13-10-18(26-20)15-27(25)19-11-8-17(22)9-12-19/h3-13H,2,14-15H2,1H3/t27-/m0/s1. The van der Waals surface area contributed by atoms with Crippen LogP contribution in [-0.2, 0) is 23.1 Å². The van der Waals surface area contributed by atoms with E-state index < -0.39 is 10.8 Å². The van der Waals surface area contributed by atoms with Gasteiger partial charge in [0, 0.05) is 18.0 Å². The minimum absolute atomic E-state index is 0.129. The molecule has 0 saturated heterocycles. The number of nitrogens with zero attached hydrogens (tertiary/aromatic N) is 1. The highest BCUT2D eigenvalue weighted by Gasteiger charge is 2.19. The second kappa shape index (κ2) is 8.77. The van der Waals surface area contributed by atoms with Crippen LogP contribution < -0.4 is 0 Å². The second-order valence-corrected chi connectivity index (χ2v) is 7.47. The number of amides is 1. The van der Waals surface area contributed by atoms with Gasteiger partial charge < -0.3 is 9.32 Å². The van der Waals surface area contributed by atoms with Gasteiger partial charge in [0.1, 0.15) is 11.6 Å². The van der Waals surface area contributed by atoms with Crippen molar-refractivity contribution in [2.24, 2.45) is 0 Å². The van der Waals surface area contributed by atoms with Crippen molar-refractivity contribution in [3.05, 3.63) is 89.6 Å². The number of carbonyl (C=O) groups is 1. The van der Waals surface area contributed by atoms with Gasteiger partial charge >= 0.3 is 0 Å². The fourth-order valence-corrected chi connectivity index (χ4v) is 3.68. The molecule has 1 atom stereocenters. The van der Waals surface area contributed by atoms with E-state index in [1.165, 1.54) is 24.3 Å². The summed E-state index contributed by atoms with van der Waals surface area (Å²) >= 11 is 0. The van der Waals surface area contributed by atoms with Gasteiger partial charge in [0.25, 0.3) is 5.91 Å². The SMILES string of the molecule is CCN(Cc1ccccc1)C(=O)c1ccc(C[S@](=O)c2ccc(F)cc2)o1. The van der Waals surface area contributed by atoms with Crippen LogP contribution in [0.4, 0.5) is 4.39 Å². The molecule has 1 aromatic heterocycles. The van der Waals surface area contributed by atoms with Gasteiger partial charge in [-0.25, -0.2) is 4.39 Å². The van der Waals surface area contributed by atoms with E-state index in [-0.39, 0.29) is 23.2 Å². The number of benzene rings is 2. The molecule has 0 aliphatic carbocycles. The van der Waals surface area contributed by atoms with Gasteiger partial charge in [-0.2, -0.15) is 0 Å². The van der Waals surface area contributed by atoms with Crippen LogP contribution in [0.2, 0.25) is 0 Å². The molecule has 0 aliphatic rings. The lowest BCUT2D eigenvalue weighted by molar-refractivity contribution is 0.0719. The van der Waals surface area contributed by atoms with E-state index >= 15 is 0 Å². The molecule has 3 rings (SSSR count). The zero-order valence-electron chi connectivity index (χ0n) is 14.9. The Morgan fingerprint density at radius 3 is 2.41 bits per heavy atom. The minimum atomic E-state index is -1.37. The molecule has 0 fully saturated rings. The summed E-state index contributed by atoms with van der Waals surface area (Å²) in [5.41, 5.74) is 1.04. The molecule has 4 nitrogen and oxygen atoms in total. The maximum Gasteiger partial charge on any atom is 0.289 e. The average molecular weight is 385 g/mol. The first-order valence-corrected chi connectivity index (χ1v) is 9.94. The number of hydrogen-bond acceptors (Lipinski definition) is 3. The number of furan rings is 1. The molecule has 27 heavy (non-hydrogen) atoms. The van der Waals surface area contributed by atoms with Gasteiger partial charge in [-0.15, -0.1) is 0 Å². The maximum atomic E-state index is 13.0. The van der Waals surface area contributed by atoms with Gasteiger partial charge in [0.15, 0.2) is 5.76 Å². The lowest BCUT2D eigenvalue weighted by atomic mass is 10.2. The van der Waals surface area contributed by atoms with E-state index in [1.54, 1.807) is 17.0 Å². The molecule has 0 spiro atoms. The average Bonchev–Trinajstić information content (AvgIpc) is 3.15. The number of rotatable bonds is 7.